The van der Waals surface area contributed by atoms with Crippen LogP contribution in [0.2, 0.25) is 0 Å². The number of urea groups is 1. The van der Waals surface area contributed by atoms with E-state index in [1.165, 1.54) is 4.90 Å². The van der Waals surface area contributed by atoms with Crippen molar-refractivity contribution < 1.29 is 4.79 Å². The summed E-state index contributed by atoms with van der Waals surface area (Å²) in [5, 5.41) is 2.98. The number of carbonyl (C=O) groups is 1. The van der Waals surface area contributed by atoms with Gasteiger partial charge in [0.05, 0.1) is 0 Å². The maximum Gasteiger partial charge on any atom is 0.317 e. The Hall–Kier alpha value is -1.20. The SMILES string of the molecule is CSc1ccc(CNC(=O)N2CCN(C)CC2)cc1. The van der Waals surface area contributed by atoms with Gasteiger partial charge >= 0.3 is 6.03 Å². The molecule has 1 aromatic rings. The summed E-state index contributed by atoms with van der Waals surface area (Å²) in [6.07, 6.45) is 2.06. The van der Waals surface area contributed by atoms with Crippen molar-refractivity contribution in [2.45, 2.75) is 11.4 Å². The third kappa shape index (κ3) is 4.14. The molecular formula is C14H21N3OS. The molecule has 0 radical (unpaired) electrons. The van der Waals surface area contributed by atoms with E-state index in [-0.39, 0.29) is 6.03 Å². The molecule has 1 aliphatic rings. The number of carbonyl (C=O) groups excluding carboxylic acids is 1. The fraction of sp³-hybridized carbons (Fsp3) is 0.500. The first-order valence-corrected chi connectivity index (χ1v) is 7.76. The van der Waals surface area contributed by atoms with Crippen LogP contribution in [0.5, 0.6) is 0 Å². The molecule has 5 heteroatoms. The van der Waals surface area contributed by atoms with E-state index in [4.69, 9.17) is 0 Å². The van der Waals surface area contributed by atoms with Gasteiger partial charge in [0.25, 0.3) is 0 Å². The van der Waals surface area contributed by atoms with E-state index in [9.17, 15) is 4.79 Å². The molecule has 4 nitrogen and oxygen atoms in total. The summed E-state index contributed by atoms with van der Waals surface area (Å²) in [5.41, 5.74) is 1.14. The number of hydrogen-bond acceptors (Lipinski definition) is 3. The molecule has 1 aliphatic heterocycles. The third-order valence-electron chi connectivity index (χ3n) is 3.39. The molecule has 1 N–H and O–H groups in total. The first-order valence-electron chi connectivity index (χ1n) is 6.53. The van der Waals surface area contributed by atoms with Gasteiger partial charge in [-0.1, -0.05) is 12.1 Å². The summed E-state index contributed by atoms with van der Waals surface area (Å²) < 4.78 is 0. The van der Waals surface area contributed by atoms with Crippen molar-refractivity contribution in [1.29, 1.82) is 0 Å². The molecule has 1 fully saturated rings. The van der Waals surface area contributed by atoms with E-state index in [0.29, 0.717) is 6.54 Å². The Morgan fingerprint density at radius 2 is 1.84 bits per heavy atom. The largest absolute Gasteiger partial charge is 0.334 e. The molecule has 1 saturated heterocycles. The van der Waals surface area contributed by atoms with E-state index in [1.807, 2.05) is 4.90 Å². The number of rotatable bonds is 3. The van der Waals surface area contributed by atoms with E-state index in [1.54, 1.807) is 11.8 Å². The van der Waals surface area contributed by atoms with Gasteiger partial charge in [0.1, 0.15) is 0 Å². The summed E-state index contributed by atoms with van der Waals surface area (Å²) in [6, 6.07) is 8.35. The number of nitrogens with zero attached hydrogens (tertiary/aromatic N) is 2. The zero-order valence-corrected chi connectivity index (χ0v) is 12.4. The summed E-state index contributed by atoms with van der Waals surface area (Å²) in [5.74, 6) is 0. The minimum absolute atomic E-state index is 0.0436. The van der Waals surface area contributed by atoms with Crippen LogP contribution in [0, 0.1) is 0 Å². The second-order valence-electron chi connectivity index (χ2n) is 4.80. The highest BCUT2D eigenvalue weighted by atomic mass is 32.2. The van der Waals surface area contributed by atoms with Gasteiger partial charge in [0, 0.05) is 37.6 Å². The Morgan fingerprint density at radius 3 is 2.42 bits per heavy atom. The summed E-state index contributed by atoms with van der Waals surface area (Å²) in [4.78, 5) is 17.4. The average Bonchev–Trinajstić information content (AvgIpc) is 2.46. The molecule has 0 saturated carbocycles. The van der Waals surface area contributed by atoms with E-state index >= 15 is 0 Å². The summed E-state index contributed by atoms with van der Waals surface area (Å²) in [7, 11) is 2.09. The normalized spacial score (nSPS) is 16.4. The Morgan fingerprint density at radius 1 is 1.21 bits per heavy atom. The van der Waals surface area contributed by atoms with Gasteiger partial charge in [-0.05, 0) is 31.0 Å². The zero-order valence-electron chi connectivity index (χ0n) is 11.6. The first-order chi connectivity index (χ1) is 9.19. The second kappa shape index (κ2) is 6.82. The number of amides is 2. The lowest BCUT2D eigenvalue weighted by atomic mass is 10.2. The molecule has 2 amide bonds. The van der Waals surface area contributed by atoms with Crippen LogP contribution in [0.25, 0.3) is 0 Å². The van der Waals surface area contributed by atoms with Gasteiger partial charge in [-0.15, -0.1) is 11.8 Å². The second-order valence-corrected chi connectivity index (χ2v) is 5.68. The number of piperazine rings is 1. The molecule has 2 rings (SSSR count). The fourth-order valence-corrected chi connectivity index (χ4v) is 2.45. The number of thioether (sulfide) groups is 1. The van der Waals surface area contributed by atoms with Crippen molar-refractivity contribution in [3.63, 3.8) is 0 Å². The number of nitrogens with one attached hydrogen (secondary N) is 1. The molecular weight excluding hydrogens is 258 g/mol. The van der Waals surface area contributed by atoms with Crippen LogP contribution in [0.3, 0.4) is 0 Å². The van der Waals surface area contributed by atoms with Crippen LogP contribution >= 0.6 is 11.8 Å². The van der Waals surface area contributed by atoms with Gasteiger partial charge in [-0.25, -0.2) is 4.79 Å². The van der Waals surface area contributed by atoms with Crippen molar-refractivity contribution in [2.24, 2.45) is 0 Å². The number of likely N-dealkylation sites (N-methyl/N-ethyl adjacent to an activating group) is 1. The standard InChI is InChI=1S/C14H21N3OS/c1-16-7-9-17(10-8-16)14(18)15-11-12-3-5-13(19-2)6-4-12/h3-6H,7-11H2,1-2H3,(H,15,18). The van der Waals surface area contributed by atoms with Crippen LogP contribution in [0.1, 0.15) is 5.56 Å². The predicted octanol–water partition coefficient (Wildman–Crippen LogP) is 1.87. The Balaban J connectivity index is 1.79. The lowest BCUT2D eigenvalue weighted by molar-refractivity contribution is 0.154. The predicted molar refractivity (Wildman–Crippen MR) is 79.5 cm³/mol. The summed E-state index contributed by atoms with van der Waals surface area (Å²) >= 11 is 1.72. The smallest absolute Gasteiger partial charge is 0.317 e. The van der Waals surface area contributed by atoms with Gasteiger partial charge in [0.15, 0.2) is 0 Å². The lowest BCUT2D eigenvalue weighted by Gasteiger charge is -2.32. The van der Waals surface area contributed by atoms with E-state index in [2.05, 4.69) is 47.8 Å². The highest BCUT2D eigenvalue weighted by Crippen LogP contribution is 2.14. The average molecular weight is 279 g/mol. The van der Waals surface area contributed by atoms with E-state index in [0.717, 1.165) is 31.7 Å². The van der Waals surface area contributed by atoms with Gasteiger partial charge < -0.3 is 15.1 Å². The Kier molecular flexibility index (Phi) is 5.10. The van der Waals surface area contributed by atoms with Crippen molar-refractivity contribution in [2.75, 3.05) is 39.5 Å². The molecule has 1 aromatic carbocycles. The van der Waals surface area contributed by atoms with Crippen LogP contribution in [-0.2, 0) is 6.54 Å². The Bertz CT molecular complexity index is 413. The molecule has 0 spiro atoms. The van der Waals surface area contributed by atoms with Gasteiger partial charge in [-0.3, -0.25) is 0 Å². The number of hydrogen-bond donors (Lipinski definition) is 1. The van der Waals surface area contributed by atoms with Crippen molar-refractivity contribution in [1.82, 2.24) is 15.1 Å². The van der Waals surface area contributed by atoms with Gasteiger partial charge in [-0.2, -0.15) is 0 Å². The lowest BCUT2D eigenvalue weighted by Crippen LogP contribution is -2.50. The van der Waals surface area contributed by atoms with Crippen molar-refractivity contribution in [3.05, 3.63) is 29.8 Å². The Labute approximate surface area is 119 Å². The molecule has 0 aromatic heterocycles. The van der Waals surface area contributed by atoms with Crippen LogP contribution < -0.4 is 5.32 Å². The highest BCUT2D eigenvalue weighted by Gasteiger charge is 2.18. The zero-order chi connectivity index (χ0) is 13.7. The molecule has 0 unspecified atom stereocenters. The quantitative estimate of drug-likeness (QED) is 0.858. The first kappa shape index (κ1) is 14.2. The maximum absolute atomic E-state index is 12.0. The highest BCUT2D eigenvalue weighted by molar-refractivity contribution is 7.98. The van der Waals surface area contributed by atoms with Crippen LogP contribution in [0.4, 0.5) is 4.79 Å². The third-order valence-corrected chi connectivity index (χ3v) is 4.14. The monoisotopic (exact) mass is 279 g/mol. The van der Waals surface area contributed by atoms with Crippen molar-refractivity contribution >= 4 is 17.8 Å². The molecule has 0 aliphatic carbocycles. The maximum atomic E-state index is 12.0. The topological polar surface area (TPSA) is 35.6 Å². The number of benzene rings is 1. The summed E-state index contributed by atoms with van der Waals surface area (Å²) in [6.45, 7) is 4.13. The van der Waals surface area contributed by atoms with E-state index < -0.39 is 0 Å². The van der Waals surface area contributed by atoms with Crippen LogP contribution in [-0.4, -0.2) is 55.3 Å². The minimum atomic E-state index is 0.0436. The minimum Gasteiger partial charge on any atom is -0.334 e. The van der Waals surface area contributed by atoms with Gasteiger partial charge in [0.2, 0.25) is 0 Å². The molecule has 1 heterocycles. The van der Waals surface area contributed by atoms with Crippen LogP contribution in [0.15, 0.2) is 29.2 Å². The molecule has 19 heavy (non-hydrogen) atoms. The van der Waals surface area contributed by atoms with Crippen molar-refractivity contribution in [3.8, 4) is 0 Å². The molecule has 0 atom stereocenters. The molecule has 0 bridgehead atoms. The fourth-order valence-electron chi connectivity index (χ4n) is 2.04. The molecule has 104 valence electrons.